The molecule has 2 N–H and O–H groups in total. The maximum Gasteiger partial charge on any atom is 0.416 e. The topological polar surface area (TPSA) is 110 Å². The van der Waals surface area contributed by atoms with Crippen LogP contribution in [0.25, 0.3) is 5.57 Å². The largest absolute Gasteiger partial charge is 0.416 e. The highest BCUT2D eigenvalue weighted by atomic mass is 19.4. The Bertz CT molecular complexity index is 2180. The summed E-state index contributed by atoms with van der Waals surface area (Å²) in [6.45, 7) is 2.54. The van der Waals surface area contributed by atoms with Crippen molar-refractivity contribution in [1.29, 1.82) is 0 Å². The van der Waals surface area contributed by atoms with Gasteiger partial charge in [-0.15, -0.1) is 0 Å². The number of aromatic amines is 1. The summed E-state index contributed by atoms with van der Waals surface area (Å²) >= 11 is 0. The van der Waals surface area contributed by atoms with Crippen molar-refractivity contribution in [2.45, 2.75) is 62.8 Å². The van der Waals surface area contributed by atoms with Crippen molar-refractivity contribution in [1.82, 2.24) is 19.8 Å². The number of nitrogens with one attached hydrogen (secondary N) is 1. The molecule has 1 fully saturated rings. The zero-order valence-electron chi connectivity index (χ0n) is 29.2. The number of fused-ring (bicyclic) bond motifs is 2. The van der Waals surface area contributed by atoms with E-state index in [0.717, 1.165) is 67.2 Å². The van der Waals surface area contributed by atoms with Crippen molar-refractivity contribution < 1.29 is 27.9 Å². The Balaban J connectivity index is 0.960. The number of rotatable bonds is 7. The van der Waals surface area contributed by atoms with Crippen LogP contribution in [0.15, 0.2) is 83.7 Å². The van der Waals surface area contributed by atoms with Crippen molar-refractivity contribution in [2.75, 3.05) is 37.6 Å². The summed E-state index contributed by atoms with van der Waals surface area (Å²) in [7, 11) is 0. The fraction of sp³-hybridized carbons (Fsp3) is 0.366. The molecule has 8 rings (SSSR count). The summed E-state index contributed by atoms with van der Waals surface area (Å²) in [6.07, 6.45) is -0.0379. The van der Waals surface area contributed by atoms with Gasteiger partial charge in [0.25, 0.3) is 11.5 Å². The minimum atomic E-state index is -4.62. The molecule has 4 aliphatic rings. The van der Waals surface area contributed by atoms with Crippen LogP contribution in [0.4, 0.5) is 18.9 Å². The molecule has 3 aliphatic heterocycles. The fourth-order valence-electron chi connectivity index (χ4n) is 8.03. The molecule has 1 atom stereocenters. The average Bonchev–Trinajstić information content (AvgIpc) is 3.93. The van der Waals surface area contributed by atoms with Crippen molar-refractivity contribution in [3.8, 4) is 0 Å². The van der Waals surface area contributed by atoms with Crippen LogP contribution in [-0.2, 0) is 40.6 Å². The Morgan fingerprint density at radius 2 is 1.74 bits per heavy atom. The minimum Gasteiger partial charge on any atom is -0.378 e. The first-order chi connectivity index (χ1) is 25.5. The van der Waals surface area contributed by atoms with Crippen LogP contribution in [0.2, 0.25) is 0 Å². The van der Waals surface area contributed by atoms with E-state index < -0.39 is 29.2 Å². The van der Waals surface area contributed by atoms with E-state index in [9.17, 15) is 32.7 Å². The summed E-state index contributed by atoms with van der Waals surface area (Å²) in [4.78, 5) is 53.5. The number of hydrogen-bond donors (Lipinski definition) is 2. The third kappa shape index (κ3) is 6.76. The molecule has 1 aromatic heterocycles. The van der Waals surface area contributed by atoms with Gasteiger partial charge in [0.2, 0.25) is 5.91 Å². The van der Waals surface area contributed by atoms with Crippen LogP contribution >= 0.6 is 0 Å². The summed E-state index contributed by atoms with van der Waals surface area (Å²) in [6, 6.07) is 20.7. The molecule has 4 aromatic rings. The number of carbonyl (C=O) groups excluding carboxylic acids is 2. The lowest BCUT2D eigenvalue weighted by Gasteiger charge is -2.29. The Kier molecular flexibility index (Phi) is 8.96. The van der Waals surface area contributed by atoms with Gasteiger partial charge in [0.05, 0.1) is 35.3 Å². The number of benzene rings is 3. The van der Waals surface area contributed by atoms with E-state index >= 15 is 0 Å². The number of aliphatic hydroxyl groups excluding tert-OH is 1. The molecule has 4 heterocycles. The highest BCUT2D eigenvalue weighted by molar-refractivity contribution is 5.84. The van der Waals surface area contributed by atoms with Crippen LogP contribution in [0.1, 0.15) is 76.7 Å². The van der Waals surface area contributed by atoms with E-state index in [1.807, 2.05) is 23.1 Å². The first-order valence-corrected chi connectivity index (χ1v) is 18.2. The summed E-state index contributed by atoms with van der Waals surface area (Å²) in [5.41, 5.74) is 4.74. The summed E-state index contributed by atoms with van der Waals surface area (Å²) < 4.78 is 39.8. The van der Waals surface area contributed by atoms with Crippen LogP contribution in [0.5, 0.6) is 0 Å². The molecule has 53 heavy (non-hydrogen) atoms. The molecular formula is C41H40F3N5O4. The van der Waals surface area contributed by atoms with Crippen LogP contribution in [0, 0.1) is 0 Å². The number of halogens is 3. The third-order valence-electron chi connectivity index (χ3n) is 11.2. The SMILES string of the molecule is O=C(CN1CCc2ccccc21)N1CC=C(c2cccc(C3(c4nc5c(c(=O)[nH]4)CN(C(=O)[C@H](O)c4cccc(C(F)(F)F)c4)CCC5)CC3)c2)CC1. The van der Waals surface area contributed by atoms with Gasteiger partial charge in [0.15, 0.2) is 6.10 Å². The monoisotopic (exact) mass is 723 g/mol. The number of hydrogen-bond acceptors (Lipinski definition) is 6. The zero-order chi connectivity index (χ0) is 36.9. The lowest BCUT2D eigenvalue weighted by Crippen LogP contribution is -2.41. The highest BCUT2D eigenvalue weighted by Gasteiger charge is 2.49. The molecule has 0 saturated heterocycles. The lowest BCUT2D eigenvalue weighted by molar-refractivity contribution is -0.142. The molecular weight excluding hydrogens is 683 g/mol. The van der Waals surface area contributed by atoms with Gasteiger partial charge >= 0.3 is 6.18 Å². The Hall–Kier alpha value is -5.23. The maximum atomic E-state index is 13.6. The van der Waals surface area contributed by atoms with Crippen molar-refractivity contribution in [3.63, 3.8) is 0 Å². The summed E-state index contributed by atoms with van der Waals surface area (Å²) in [5, 5.41) is 10.8. The maximum absolute atomic E-state index is 13.6. The molecule has 274 valence electrons. The average molecular weight is 724 g/mol. The van der Waals surface area contributed by atoms with Crippen molar-refractivity contribution >= 4 is 23.1 Å². The predicted octanol–water partition coefficient (Wildman–Crippen LogP) is 5.56. The number of carbonyl (C=O) groups is 2. The minimum absolute atomic E-state index is 0.103. The second-order valence-corrected chi connectivity index (χ2v) is 14.5. The van der Waals surface area contributed by atoms with E-state index in [1.54, 1.807) is 0 Å². The lowest BCUT2D eigenvalue weighted by atomic mass is 9.90. The molecule has 9 nitrogen and oxygen atoms in total. The van der Waals surface area contributed by atoms with Gasteiger partial charge in [-0.2, -0.15) is 13.2 Å². The van der Waals surface area contributed by atoms with Gasteiger partial charge in [-0.25, -0.2) is 4.98 Å². The number of amides is 2. The molecule has 0 unspecified atom stereocenters. The van der Waals surface area contributed by atoms with Gasteiger partial charge < -0.3 is 24.8 Å². The smallest absolute Gasteiger partial charge is 0.378 e. The molecule has 0 radical (unpaired) electrons. The number of para-hydroxylation sites is 1. The Labute approximate surface area is 304 Å². The van der Waals surface area contributed by atoms with Gasteiger partial charge in [-0.1, -0.05) is 60.7 Å². The second kappa shape index (κ2) is 13.6. The van der Waals surface area contributed by atoms with Crippen LogP contribution in [-0.4, -0.2) is 69.4 Å². The molecule has 12 heteroatoms. The van der Waals surface area contributed by atoms with Gasteiger partial charge in [0, 0.05) is 31.9 Å². The van der Waals surface area contributed by atoms with Gasteiger partial charge in [-0.3, -0.25) is 14.4 Å². The summed E-state index contributed by atoms with van der Waals surface area (Å²) in [5.74, 6) is -0.0571. The first-order valence-electron chi connectivity index (χ1n) is 18.2. The highest BCUT2D eigenvalue weighted by Crippen LogP contribution is 2.52. The number of aryl methyl sites for hydroxylation is 1. The fourth-order valence-corrected chi connectivity index (χ4v) is 8.03. The number of alkyl halides is 3. The molecule has 0 spiro atoms. The predicted molar refractivity (Wildman–Crippen MR) is 193 cm³/mol. The van der Waals surface area contributed by atoms with E-state index in [4.69, 9.17) is 4.98 Å². The molecule has 1 aliphatic carbocycles. The number of aromatic nitrogens is 2. The third-order valence-corrected chi connectivity index (χ3v) is 11.2. The number of nitrogens with zero attached hydrogens (tertiary/aromatic N) is 4. The van der Waals surface area contributed by atoms with Crippen LogP contribution in [0.3, 0.4) is 0 Å². The van der Waals surface area contributed by atoms with Crippen molar-refractivity contribution in [3.05, 3.63) is 134 Å². The first kappa shape index (κ1) is 34.8. The number of anilines is 1. The Morgan fingerprint density at radius 3 is 2.51 bits per heavy atom. The van der Waals surface area contributed by atoms with Gasteiger partial charge in [-0.05, 0) is 84.6 Å². The molecule has 2 amide bonds. The quantitative estimate of drug-likeness (QED) is 0.259. The number of aliphatic hydroxyl groups is 1. The molecule has 0 bridgehead atoms. The standard InChI is InChI=1S/C41H40F3N5O4/c42-41(43,44)31-10-4-8-29(23-31)36(51)38(53)49-18-5-11-33-32(24-49)37(52)46-39(45-33)40(16-17-40)30-9-3-7-28(22-30)26-13-19-47(20-14-26)35(50)25-48-21-15-27-6-1-2-12-34(27)48/h1-4,6-10,12-13,22-23,36,51H,5,11,14-21,24-25H2,(H,45,46,52)/t36-/m1/s1. The Morgan fingerprint density at radius 1 is 0.925 bits per heavy atom. The number of H-pyrrole nitrogens is 1. The van der Waals surface area contributed by atoms with Crippen molar-refractivity contribution in [2.24, 2.45) is 0 Å². The van der Waals surface area contributed by atoms with E-state index in [0.29, 0.717) is 49.6 Å². The molecule has 1 saturated carbocycles. The van der Waals surface area contributed by atoms with E-state index in [-0.39, 0.29) is 30.1 Å². The van der Waals surface area contributed by atoms with Gasteiger partial charge in [0.1, 0.15) is 5.82 Å². The second-order valence-electron chi connectivity index (χ2n) is 14.5. The van der Waals surface area contributed by atoms with E-state index in [1.165, 1.54) is 22.1 Å². The van der Waals surface area contributed by atoms with E-state index in [2.05, 4.69) is 46.3 Å². The molecule has 3 aromatic carbocycles. The normalized spacial score (nSPS) is 18.5. The van der Waals surface area contributed by atoms with Crippen LogP contribution < -0.4 is 10.5 Å². The zero-order valence-corrected chi connectivity index (χ0v) is 29.2.